The summed E-state index contributed by atoms with van der Waals surface area (Å²) in [6.45, 7) is 0.367. The van der Waals surface area contributed by atoms with Crippen molar-refractivity contribution in [1.82, 2.24) is 10.2 Å². The van der Waals surface area contributed by atoms with E-state index in [9.17, 15) is 14.4 Å². The summed E-state index contributed by atoms with van der Waals surface area (Å²) in [7, 11) is 0. The van der Waals surface area contributed by atoms with Crippen LogP contribution in [0, 0.1) is 0 Å². The van der Waals surface area contributed by atoms with E-state index in [0.717, 1.165) is 14.9 Å². The lowest BCUT2D eigenvalue weighted by molar-refractivity contribution is -0.140. The molecule has 0 fully saturated rings. The first-order chi connectivity index (χ1) is 9.79. The number of carbonyl (C=O) groups is 3. The summed E-state index contributed by atoms with van der Waals surface area (Å²) in [6, 6.07) is 6.11. The van der Waals surface area contributed by atoms with E-state index < -0.39 is 31.1 Å². The van der Waals surface area contributed by atoms with Crippen molar-refractivity contribution in [3.8, 4) is 0 Å². The summed E-state index contributed by atoms with van der Waals surface area (Å²) < 4.78 is 0.842. The molecule has 2 amide bonds. The van der Waals surface area contributed by atoms with E-state index in [1.54, 1.807) is 19.1 Å². The van der Waals surface area contributed by atoms with Crippen molar-refractivity contribution in [2.75, 3.05) is 13.1 Å². The monoisotopic (exact) mass is 358 g/mol. The number of carboxylic acids is 2. The maximum Gasteiger partial charge on any atom is 0.323 e. The lowest BCUT2D eigenvalue weighted by Crippen LogP contribution is -2.45. The van der Waals surface area contributed by atoms with Crippen LogP contribution < -0.4 is 5.32 Å². The molecule has 0 aliphatic carbocycles. The Morgan fingerprint density at radius 1 is 1.24 bits per heavy atom. The van der Waals surface area contributed by atoms with Crippen molar-refractivity contribution in [2.45, 2.75) is 13.0 Å². The van der Waals surface area contributed by atoms with E-state index in [4.69, 9.17) is 10.2 Å². The van der Waals surface area contributed by atoms with Crippen LogP contribution in [0.1, 0.15) is 18.5 Å². The van der Waals surface area contributed by atoms with Gasteiger partial charge >= 0.3 is 18.0 Å². The van der Waals surface area contributed by atoms with Crippen LogP contribution in [0.25, 0.3) is 0 Å². The van der Waals surface area contributed by atoms with Crippen molar-refractivity contribution in [2.24, 2.45) is 0 Å². The fourth-order valence-electron chi connectivity index (χ4n) is 1.66. The van der Waals surface area contributed by atoms with Crippen LogP contribution in [0.3, 0.4) is 0 Å². The maximum absolute atomic E-state index is 12.0. The SMILES string of the molecule is CC(NC(=O)N(CC(=O)O)CC(=O)O)c1cccc(Br)c1. The molecule has 21 heavy (non-hydrogen) atoms. The molecule has 0 aromatic heterocycles. The Kier molecular flexibility index (Phi) is 6.16. The zero-order valence-electron chi connectivity index (χ0n) is 11.2. The van der Waals surface area contributed by atoms with Crippen molar-refractivity contribution < 1.29 is 24.6 Å². The molecule has 0 bridgehead atoms. The summed E-state index contributed by atoms with van der Waals surface area (Å²) in [6.07, 6.45) is 0. The molecule has 0 saturated carbocycles. The van der Waals surface area contributed by atoms with Crippen LogP contribution in [-0.4, -0.2) is 46.2 Å². The van der Waals surface area contributed by atoms with Crippen LogP contribution >= 0.6 is 15.9 Å². The molecule has 7 nitrogen and oxygen atoms in total. The Hall–Kier alpha value is -2.09. The predicted molar refractivity (Wildman–Crippen MR) is 77.9 cm³/mol. The van der Waals surface area contributed by atoms with E-state index in [2.05, 4.69) is 21.2 Å². The van der Waals surface area contributed by atoms with Gasteiger partial charge in [0.05, 0.1) is 6.04 Å². The minimum absolute atomic E-state index is 0.389. The zero-order chi connectivity index (χ0) is 16.0. The molecular weight excluding hydrogens is 344 g/mol. The van der Waals surface area contributed by atoms with Crippen LogP contribution in [0.2, 0.25) is 0 Å². The number of rotatable bonds is 6. The molecule has 1 aromatic carbocycles. The van der Waals surface area contributed by atoms with Crippen LogP contribution in [0.15, 0.2) is 28.7 Å². The zero-order valence-corrected chi connectivity index (χ0v) is 12.8. The average Bonchev–Trinajstić information content (AvgIpc) is 2.36. The van der Waals surface area contributed by atoms with Crippen molar-refractivity contribution in [1.29, 1.82) is 0 Å². The highest BCUT2D eigenvalue weighted by Crippen LogP contribution is 2.18. The fourth-order valence-corrected chi connectivity index (χ4v) is 2.08. The predicted octanol–water partition coefficient (Wildman–Crippen LogP) is 1.69. The van der Waals surface area contributed by atoms with Gasteiger partial charge in [0.1, 0.15) is 13.1 Å². The number of nitrogens with one attached hydrogen (secondary N) is 1. The van der Waals surface area contributed by atoms with Gasteiger partial charge in [0, 0.05) is 4.47 Å². The molecule has 1 aromatic rings. The summed E-state index contributed by atoms with van der Waals surface area (Å²) in [5.74, 6) is -2.55. The number of urea groups is 1. The number of amides is 2. The van der Waals surface area contributed by atoms with Gasteiger partial charge in [-0.1, -0.05) is 28.1 Å². The molecule has 0 aliphatic rings. The van der Waals surface area contributed by atoms with Gasteiger partial charge in [-0.2, -0.15) is 0 Å². The molecule has 8 heteroatoms. The summed E-state index contributed by atoms with van der Waals surface area (Å²) >= 11 is 3.31. The number of nitrogens with zero attached hydrogens (tertiary/aromatic N) is 1. The fraction of sp³-hybridized carbons (Fsp3) is 0.308. The van der Waals surface area contributed by atoms with Crippen LogP contribution in [0.4, 0.5) is 4.79 Å². The Balaban J connectivity index is 2.75. The number of hydrogen-bond acceptors (Lipinski definition) is 3. The largest absolute Gasteiger partial charge is 0.480 e. The molecule has 3 N–H and O–H groups in total. The van der Waals surface area contributed by atoms with E-state index in [1.165, 1.54) is 0 Å². The normalized spacial score (nSPS) is 11.5. The first-order valence-electron chi connectivity index (χ1n) is 6.04. The quantitative estimate of drug-likeness (QED) is 0.717. The highest BCUT2D eigenvalue weighted by Gasteiger charge is 2.21. The molecule has 0 aliphatic heterocycles. The highest BCUT2D eigenvalue weighted by molar-refractivity contribution is 9.10. The highest BCUT2D eigenvalue weighted by atomic mass is 79.9. The molecular formula is C13H15BrN2O5. The van der Waals surface area contributed by atoms with Gasteiger partial charge < -0.3 is 20.4 Å². The third-order valence-corrected chi connectivity index (χ3v) is 3.12. The van der Waals surface area contributed by atoms with E-state index in [0.29, 0.717) is 0 Å². The number of hydrogen-bond donors (Lipinski definition) is 3. The van der Waals surface area contributed by atoms with E-state index in [-0.39, 0.29) is 6.04 Å². The summed E-state index contributed by atoms with van der Waals surface area (Å²) in [5.41, 5.74) is 0.809. The first kappa shape index (κ1) is 17.0. The van der Waals surface area contributed by atoms with Gasteiger partial charge in [0.15, 0.2) is 0 Å². The molecule has 0 spiro atoms. The van der Waals surface area contributed by atoms with Gasteiger partial charge in [-0.15, -0.1) is 0 Å². The Morgan fingerprint density at radius 3 is 2.29 bits per heavy atom. The van der Waals surface area contributed by atoms with Crippen LogP contribution in [0.5, 0.6) is 0 Å². The summed E-state index contributed by atoms with van der Waals surface area (Å²) in [4.78, 5) is 34.0. The number of aliphatic carboxylic acids is 2. The molecule has 1 unspecified atom stereocenters. The van der Waals surface area contributed by atoms with Gasteiger partial charge in [-0.3, -0.25) is 9.59 Å². The number of carboxylic acid groups (broad SMARTS) is 2. The standard InChI is InChI=1S/C13H15BrN2O5/c1-8(9-3-2-4-10(14)5-9)15-13(21)16(6-11(17)18)7-12(19)20/h2-5,8H,6-7H2,1H3,(H,15,21)(H,17,18)(H,19,20). The van der Waals surface area contributed by atoms with Gasteiger partial charge in [0.25, 0.3) is 0 Å². The maximum atomic E-state index is 12.0. The molecule has 114 valence electrons. The van der Waals surface area contributed by atoms with Gasteiger partial charge in [-0.25, -0.2) is 4.79 Å². The smallest absolute Gasteiger partial charge is 0.323 e. The Labute approximate surface area is 129 Å². The minimum atomic E-state index is -1.28. The molecule has 1 atom stereocenters. The number of carbonyl (C=O) groups excluding carboxylic acids is 1. The first-order valence-corrected chi connectivity index (χ1v) is 6.83. The second-order valence-corrected chi connectivity index (χ2v) is 5.29. The lowest BCUT2D eigenvalue weighted by atomic mass is 10.1. The average molecular weight is 359 g/mol. The van der Waals surface area contributed by atoms with Crippen molar-refractivity contribution in [3.63, 3.8) is 0 Å². The third-order valence-electron chi connectivity index (χ3n) is 2.63. The Bertz CT molecular complexity index is 533. The van der Waals surface area contributed by atoms with Crippen molar-refractivity contribution >= 4 is 33.9 Å². The lowest BCUT2D eigenvalue weighted by Gasteiger charge is -2.22. The van der Waals surface area contributed by atoms with Crippen molar-refractivity contribution in [3.05, 3.63) is 34.3 Å². The molecule has 0 heterocycles. The third kappa shape index (κ3) is 5.82. The number of halogens is 1. The Morgan fingerprint density at radius 2 is 1.81 bits per heavy atom. The van der Waals surface area contributed by atoms with Gasteiger partial charge in [0.2, 0.25) is 0 Å². The number of benzene rings is 1. The molecule has 1 rings (SSSR count). The minimum Gasteiger partial charge on any atom is -0.480 e. The second-order valence-electron chi connectivity index (χ2n) is 4.37. The van der Waals surface area contributed by atoms with Gasteiger partial charge in [-0.05, 0) is 24.6 Å². The topological polar surface area (TPSA) is 107 Å². The van der Waals surface area contributed by atoms with E-state index in [1.807, 2.05) is 12.1 Å². The molecule has 0 saturated heterocycles. The molecule has 0 radical (unpaired) electrons. The van der Waals surface area contributed by atoms with Crippen LogP contribution in [-0.2, 0) is 9.59 Å². The van der Waals surface area contributed by atoms with E-state index >= 15 is 0 Å². The summed E-state index contributed by atoms with van der Waals surface area (Å²) in [5, 5.41) is 20.0. The second kappa shape index (κ2) is 7.63.